The topological polar surface area (TPSA) is 45.5 Å². The molecule has 0 unspecified atom stereocenters. The highest BCUT2D eigenvalue weighted by Crippen LogP contribution is 2.13. The molecule has 0 spiro atoms. The van der Waals surface area contributed by atoms with Crippen LogP contribution in [0.5, 0.6) is 0 Å². The van der Waals surface area contributed by atoms with E-state index in [1.54, 1.807) is 18.4 Å². The van der Waals surface area contributed by atoms with Gasteiger partial charge in [-0.1, -0.05) is 6.92 Å². The summed E-state index contributed by atoms with van der Waals surface area (Å²) in [6.45, 7) is 5.59. The molecular weight excluding hydrogens is 216 g/mol. The fourth-order valence-corrected chi connectivity index (χ4v) is 2.37. The fourth-order valence-electron chi connectivity index (χ4n) is 2.37. The van der Waals surface area contributed by atoms with Crippen LogP contribution in [0.25, 0.3) is 0 Å². The van der Waals surface area contributed by atoms with E-state index in [1.807, 2.05) is 0 Å². The number of likely N-dealkylation sites (N-methyl/N-ethyl adjacent to an activating group) is 1. The minimum absolute atomic E-state index is 0.0791. The summed E-state index contributed by atoms with van der Waals surface area (Å²) < 4.78 is 5.14. The van der Waals surface area contributed by atoms with Crippen LogP contribution in [-0.4, -0.2) is 42.9 Å². The quantitative estimate of drug-likeness (QED) is 0.788. The third-order valence-electron chi connectivity index (χ3n) is 3.37. The van der Waals surface area contributed by atoms with E-state index in [9.17, 15) is 4.79 Å². The number of hydrogen-bond acceptors (Lipinski definition) is 4. The fraction of sp³-hybridized carbons (Fsp3) is 0.615. The molecule has 0 atom stereocenters. The molecule has 0 bridgehead atoms. The Morgan fingerprint density at radius 3 is 2.88 bits per heavy atom. The van der Waals surface area contributed by atoms with Crippen molar-refractivity contribution in [2.24, 2.45) is 0 Å². The maximum atomic E-state index is 12.0. The molecule has 1 aromatic heterocycles. The number of carbonyl (C=O) groups is 1. The van der Waals surface area contributed by atoms with Crippen LogP contribution in [0.3, 0.4) is 0 Å². The average Bonchev–Trinajstić information content (AvgIpc) is 2.90. The summed E-state index contributed by atoms with van der Waals surface area (Å²) in [5, 5.41) is 3.34. The molecule has 0 radical (unpaired) electrons. The summed E-state index contributed by atoms with van der Waals surface area (Å²) in [5.41, 5.74) is 0. The first-order chi connectivity index (χ1) is 8.31. The molecule has 1 aromatic rings. The highest BCUT2D eigenvalue weighted by Gasteiger charge is 2.22. The summed E-state index contributed by atoms with van der Waals surface area (Å²) in [6, 6.07) is 4.02. The average molecular weight is 236 g/mol. The zero-order chi connectivity index (χ0) is 12.1. The van der Waals surface area contributed by atoms with Crippen molar-refractivity contribution >= 4 is 5.78 Å². The Hall–Kier alpha value is -1.13. The van der Waals surface area contributed by atoms with Crippen LogP contribution < -0.4 is 5.32 Å². The van der Waals surface area contributed by atoms with Crippen molar-refractivity contribution in [3.8, 4) is 0 Å². The van der Waals surface area contributed by atoms with E-state index in [0.29, 0.717) is 18.3 Å². The molecule has 1 aliphatic heterocycles. The van der Waals surface area contributed by atoms with Crippen LogP contribution in [0, 0.1) is 0 Å². The molecule has 17 heavy (non-hydrogen) atoms. The van der Waals surface area contributed by atoms with Gasteiger partial charge in [-0.3, -0.25) is 9.69 Å². The van der Waals surface area contributed by atoms with Crippen LogP contribution in [0.15, 0.2) is 22.8 Å². The summed E-state index contributed by atoms with van der Waals surface area (Å²) >= 11 is 0. The van der Waals surface area contributed by atoms with Gasteiger partial charge in [0.1, 0.15) is 0 Å². The van der Waals surface area contributed by atoms with Gasteiger partial charge in [0, 0.05) is 6.04 Å². The molecule has 4 nitrogen and oxygen atoms in total. The minimum Gasteiger partial charge on any atom is -0.461 e. The van der Waals surface area contributed by atoms with Gasteiger partial charge in [-0.2, -0.15) is 0 Å². The van der Waals surface area contributed by atoms with Crippen LogP contribution >= 0.6 is 0 Å². The number of carbonyl (C=O) groups excluding carboxylic acids is 1. The summed E-state index contributed by atoms with van der Waals surface area (Å²) in [7, 11) is 0. The number of nitrogens with zero attached hydrogens (tertiary/aromatic N) is 1. The summed E-state index contributed by atoms with van der Waals surface area (Å²) in [4.78, 5) is 14.2. The molecule has 0 aliphatic carbocycles. The number of Topliss-reactive ketones (excluding diaryl/α,β-unsaturated/α-hetero) is 1. The first-order valence-corrected chi connectivity index (χ1v) is 6.32. The number of piperidine rings is 1. The zero-order valence-corrected chi connectivity index (χ0v) is 10.3. The largest absolute Gasteiger partial charge is 0.461 e. The van der Waals surface area contributed by atoms with Gasteiger partial charge in [0.15, 0.2) is 5.76 Å². The first-order valence-electron chi connectivity index (χ1n) is 6.32. The molecule has 0 aromatic carbocycles. The van der Waals surface area contributed by atoms with Crippen LogP contribution in [0.1, 0.15) is 30.3 Å². The lowest BCUT2D eigenvalue weighted by molar-refractivity contribution is 0.0847. The van der Waals surface area contributed by atoms with Crippen molar-refractivity contribution in [2.45, 2.75) is 25.8 Å². The van der Waals surface area contributed by atoms with Gasteiger partial charge >= 0.3 is 0 Å². The second-order valence-electron chi connectivity index (χ2n) is 4.44. The summed E-state index contributed by atoms with van der Waals surface area (Å²) in [5.74, 6) is 0.549. The molecule has 0 amide bonds. The predicted octanol–water partition coefficient (Wildman–Crippen LogP) is 1.54. The number of hydrogen-bond donors (Lipinski definition) is 1. The third-order valence-corrected chi connectivity index (χ3v) is 3.37. The maximum Gasteiger partial charge on any atom is 0.211 e. The van der Waals surface area contributed by atoms with Crippen molar-refractivity contribution in [2.75, 3.05) is 26.2 Å². The number of ketones is 1. The molecule has 2 rings (SSSR count). The Morgan fingerprint density at radius 2 is 2.29 bits per heavy atom. The summed E-state index contributed by atoms with van der Waals surface area (Å²) in [6.07, 6.45) is 3.80. The predicted molar refractivity (Wildman–Crippen MR) is 66.2 cm³/mol. The lowest BCUT2D eigenvalue weighted by Gasteiger charge is -2.33. The van der Waals surface area contributed by atoms with E-state index in [-0.39, 0.29) is 5.78 Å². The Balaban J connectivity index is 1.92. The number of rotatable bonds is 5. The van der Waals surface area contributed by atoms with Crippen LogP contribution in [0.2, 0.25) is 0 Å². The van der Waals surface area contributed by atoms with Crippen LogP contribution in [0.4, 0.5) is 0 Å². The van der Waals surface area contributed by atoms with Gasteiger partial charge in [0.2, 0.25) is 5.78 Å². The smallest absolute Gasteiger partial charge is 0.211 e. The molecule has 4 heteroatoms. The molecule has 1 N–H and O–H groups in total. The van der Waals surface area contributed by atoms with Crippen molar-refractivity contribution in [1.29, 1.82) is 0 Å². The van der Waals surface area contributed by atoms with Crippen molar-refractivity contribution < 1.29 is 9.21 Å². The standard InChI is InChI=1S/C13H20N2O2/c1-2-15(11-5-7-14-8-6-11)10-12(16)13-4-3-9-17-13/h3-4,9,11,14H,2,5-8,10H2,1H3. The number of nitrogens with one attached hydrogen (secondary N) is 1. The second-order valence-corrected chi connectivity index (χ2v) is 4.44. The van der Waals surface area contributed by atoms with Crippen LogP contribution in [-0.2, 0) is 0 Å². The Kier molecular flexibility index (Phi) is 4.34. The zero-order valence-electron chi connectivity index (χ0n) is 10.3. The molecule has 1 fully saturated rings. The Labute approximate surface area is 102 Å². The van der Waals surface area contributed by atoms with E-state index in [0.717, 1.165) is 32.5 Å². The maximum absolute atomic E-state index is 12.0. The van der Waals surface area contributed by atoms with Gasteiger partial charge in [-0.25, -0.2) is 0 Å². The lowest BCUT2D eigenvalue weighted by Crippen LogP contribution is -2.45. The van der Waals surface area contributed by atoms with Gasteiger partial charge in [-0.15, -0.1) is 0 Å². The SMILES string of the molecule is CCN(CC(=O)c1ccco1)C1CCNCC1. The number of furan rings is 1. The monoisotopic (exact) mass is 236 g/mol. The van der Waals surface area contributed by atoms with E-state index in [1.165, 1.54) is 0 Å². The highest BCUT2D eigenvalue weighted by molar-refractivity contribution is 5.95. The van der Waals surface area contributed by atoms with Gasteiger partial charge in [-0.05, 0) is 44.6 Å². The molecule has 2 heterocycles. The van der Waals surface area contributed by atoms with Gasteiger partial charge < -0.3 is 9.73 Å². The molecule has 1 aliphatic rings. The normalized spacial score (nSPS) is 17.5. The molecular formula is C13H20N2O2. The highest BCUT2D eigenvalue weighted by atomic mass is 16.3. The minimum atomic E-state index is 0.0791. The molecule has 94 valence electrons. The third kappa shape index (κ3) is 3.17. The van der Waals surface area contributed by atoms with Gasteiger partial charge in [0.25, 0.3) is 0 Å². The second kappa shape index (κ2) is 5.98. The van der Waals surface area contributed by atoms with E-state index >= 15 is 0 Å². The van der Waals surface area contributed by atoms with Gasteiger partial charge in [0.05, 0.1) is 12.8 Å². The Bertz CT molecular complexity index is 342. The lowest BCUT2D eigenvalue weighted by atomic mass is 10.0. The van der Waals surface area contributed by atoms with Crippen molar-refractivity contribution in [3.05, 3.63) is 24.2 Å². The molecule has 1 saturated heterocycles. The first kappa shape index (κ1) is 12.3. The van der Waals surface area contributed by atoms with E-state index in [4.69, 9.17) is 4.42 Å². The molecule has 0 saturated carbocycles. The van der Waals surface area contributed by atoms with E-state index in [2.05, 4.69) is 17.1 Å². The van der Waals surface area contributed by atoms with E-state index < -0.39 is 0 Å². The van der Waals surface area contributed by atoms with Crippen molar-refractivity contribution in [3.63, 3.8) is 0 Å². The van der Waals surface area contributed by atoms with Crippen molar-refractivity contribution in [1.82, 2.24) is 10.2 Å². The Morgan fingerprint density at radius 1 is 1.53 bits per heavy atom.